The van der Waals surface area contributed by atoms with Crippen LogP contribution in [-0.4, -0.2) is 10.2 Å². The summed E-state index contributed by atoms with van der Waals surface area (Å²) in [7, 11) is 0. The number of benzene rings is 2. The van der Waals surface area contributed by atoms with Crippen molar-refractivity contribution < 1.29 is 14.9 Å². The smallest absolute Gasteiger partial charge is 0.224 e. The van der Waals surface area contributed by atoms with Crippen LogP contribution >= 0.6 is 0 Å². The Balaban J connectivity index is 2.14. The molecular weight excluding hydrogens is 228 g/mol. The van der Waals surface area contributed by atoms with Gasteiger partial charge in [0.15, 0.2) is 11.5 Å². The van der Waals surface area contributed by atoms with E-state index >= 15 is 0 Å². The van der Waals surface area contributed by atoms with E-state index in [4.69, 9.17) is 4.74 Å². The van der Waals surface area contributed by atoms with E-state index in [9.17, 15) is 10.2 Å². The minimum Gasteiger partial charge on any atom is -0.504 e. The van der Waals surface area contributed by atoms with Gasteiger partial charge in [-0.1, -0.05) is 49.1 Å². The Morgan fingerprint density at radius 3 is 2.33 bits per heavy atom. The molecule has 92 valence electrons. The number of ether oxygens (including phenoxy) is 1. The lowest BCUT2D eigenvalue weighted by Gasteiger charge is -2.14. The maximum atomic E-state index is 9.90. The van der Waals surface area contributed by atoms with E-state index in [0.29, 0.717) is 5.56 Å². The summed E-state index contributed by atoms with van der Waals surface area (Å²) in [6, 6.07) is 13.7. The molecule has 0 saturated carbocycles. The lowest BCUT2D eigenvalue weighted by atomic mass is 10.1. The Labute approximate surface area is 106 Å². The average molecular weight is 242 g/mol. The molecule has 3 nitrogen and oxygen atoms in total. The third-order valence-electron chi connectivity index (χ3n) is 2.56. The second-order valence-electron chi connectivity index (χ2n) is 3.81. The summed E-state index contributed by atoms with van der Waals surface area (Å²) < 4.78 is 5.28. The molecule has 2 aromatic rings. The molecule has 0 radical (unpaired) electrons. The van der Waals surface area contributed by atoms with Gasteiger partial charge >= 0.3 is 0 Å². The lowest BCUT2D eigenvalue weighted by Crippen LogP contribution is -2.06. The first-order valence-corrected chi connectivity index (χ1v) is 5.56. The number of hydrogen-bond acceptors (Lipinski definition) is 3. The van der Waals surface area contributed by atoms with Crippen LogP contribution in [0, 0.1) is 0 Å². The minimum absolute atomic E-state index is 0.000684. The molecule has 3 heteroatoms. The summed E-state index contributed by atoms with van der Waals surface area (Å²) in [6.45, 7) is 3.66. The molecule has 0 spiro atoms. The van der Waals surface area contributed by atoms with E-state index in [2.05, 4.69) is 6.58 Å². The van der Waals surface area contributed by atoms with Crippen LogP contribution in [0.4, 0.5) is 0 Å². The highest BCUT2D eigenvalue weighted by Crippen LogP contribution is 2.28. The van der Waals surface area contributed by atoms with Crippen LogP contribution in [0.15, 0.2) is 55.1 Å². The number of hydrogen-bond donors (Lipinski definition) is 2. The van der Waals surface area contributed by atoms with Gasteiger partial charge < -0.3 is 14.9 Å². The average Bonchev–Trinajstić information content (AvgIpc) is 2.41. The number of para-hydroxylation sites is 2. The van der Waals surface area contributed by atoms with Crippen LogP contribution in [0.2, 0.25) is 0 Å². The highest BCUT2D eigenvalue weighted by atomic mass is 16.6. The van der Waals surface area contributed by atoms with Gasteiger partial charge in [0.05, 0.1) is 0 Å². The van der Waals surface area contributed by atoms with Crippen LogP contribution in [0.25, 0.3) is 6.08 Å². The van der Waals surface area contributed by atoms with Crippen molar-refractivity contribution >= 4 is 6.08 Å². The molecule has 18 heavy (non-hydrogen) atoms. The Morgan fingerprint density at radius 1 is 1.06 bits per heavy atom. The largest absolute Gasteiger partial charge is 0.504 e. The normalized spacial score (nSPS) is 11.8. The van der Waals surface area contributed by atoms with Gasteiger partial charge in [0.2, 0.25) is 6.29 Å². The summed E-state index contributed by atoms with van der Waals surface area (Å²) >= 11 is 0. The van der Waals surface area contributed by atoms with Crippen LogP contribution < -0.4 is 4.74 Å². The Morgan fingerprint density at radius 2 is 1.72 bits per heavy atom. The molecule has 2 aromatic carbocycles. The first kappa shape index (κ1) is 12.2. The fraction of sp³-hybridized carbons (Fsp3) is 0.0667. The fourth-order valence-corrected chi connectivity index (χ4v) is 1.54. The van der Waals surface area contributed by atoms with Gasteiger partial charge in [-0.25, -0.2) is 0 Å². The molecule has 1 atom stereocenters. The van der Waals surface area contributed by atoms with Crippen molar-refractivity contribution in [2.75, 3.05) is 0 Å². The molecule has 0 saturated heterocycles. The molecule has 1 unspecified atom stereocenters. The topological polar surface area (TPSA) is 49.7 Å². The third kappa shape index (κ3) is 2.70. The van der Waals surface area contributed by atoms with E-state index in [1.807, 2.05) is 12.1 Å². The van der Waals surface area contributed by atoms with Crippen LogP contribution in [0.3, 0.4) is 0 Å². The number of aromatic hydroxyl groups is 1. The predicted octanol–water partition coefficient (Wildman–Crippen LogP) is 3.11. The van der Waals surface area contributed by atoms with Crippen molar-refractivity contribution in [2.45, 2.75) is 6.29 Å². The second-order valence-corrected chi connectivity index (χ2v) is 3.81. The summed E-state index contributed by atoms with van der Waals surface area (Å²) in [5.41, 5.74) is 1.58. The van der Waals surface area contributed by atoms with Gasteiger partial charge in [-0.05, 0) is 17.7 Å². The minimum atomic E-state index is -1.11. The van der Waals surface area contributed by atoms with Gasteiger partial charge in [-0.2, -0.15) is 0 Å². The fourth-order valence-electron chi connectivity index (χ4n) is 1.54. The number of phenolic OH excluding ortho intramolecular Hbond substituents is 1. The van der Waals surface area contributed by atoms with E-state index in [0.717, 1.165) is 5.56 Å². The maximum Gasteiger partial charge on any atom is 0.224 e. The van der Waals surface area contributed by atoms with Crippen LogP contribution in [0.1, 0.15) is 17.4 Å². The van der Waals surface area contributed by atoms with Crippen molar-refractivity contribution in [3.63, 3.8) is 0 Å². The molecule has 0 aliphatic carbocycles. The van der Waals surface area contributed by atoms with Gasteiger partial charge in [0.1, 0.15) is 0 Å². The molecule has 0 heterocycles. The molecule has 0 fully saturated rings. The Hall–Kier alpha value is -2.26. The van der Waals surface area contributed by atoms with Crippen molar-refractivity contribution in [3.8, 4) is 11.5 Å². The molecule has 2 N–H and O–H groups in total. The monoisotopic (exact) mass is 242 g/mol. The first-order valence-electron chi connectivity index (χ1n) is 5.56. The summed E-state index contributed by atoms with van der Waals surface area (Å²) in [5, 5.41) is 19.4. The molecule has 2 rings (SSSR count). The predicted molar refractivity (Wildman–Crippen MR) is 70.2 cm³/mol. The zero-order valence-electron chi connectivity index (χ0n) is 9.78. The SMILES string of the molecule is C=Cc1ccc(C(O)Oc2ccccc2O)cc1. The standard InChI is InChI=1S/C15H14O3/c1-2-11-7-9-12(10-8-11)15(17)18-14-6-4-3-5-13(14)16/h2-10,15-17H,1H2. The van der Waals surface area contributed by atoms with Gasteiger partial charge in [0.25, 0.3) is 0 Å². The van der Waals surface area contributed by atoms with Crippen molar-refractivity contribution in [1.82, 2.24) is 0 Å². The highest BCUT2D eigenvalue weighted by molar-refractivity contribution is 5.47. The number of phenols is 1. The number of aliphatic hydroxyl groups excluding tert-OH is 1. The molecule has 0 aliphatic rings. The first-order chi connectivity index (χ1) is 8.70. The molecule has 0 amide bonds. The second kappa shape index (κ2) is 5.38. The molecular formula is C15H14O3. The Kier molecular flexibility index (Phi) is 3.65. The van der Waals surface area contributed by atoms with E-state index in [1.54, 1.807) is 36.4 Å². The molecule has 0 aliphatic heterocycles. The van der Waals surface area contributed by atoms with Crippen molar-refractivity contribution in [3.05, 3.63) is 66.2 Å². The quantitative estimate of drug-likeness (QED) is 0.810. The Bertz CT molecular complexity index is 532. The highest BCUT2D eigenvalue weighted by Gasteiger charge is 2.11. The summed E-state index contributed by atoms with van der Waals surface area (Å²) in [4.78, 5) is 0. The van der Waals surface area contributed by atoms with Crippen LogP contribution in [-0.2, 0) is 0 Å². The van der Waals surface area contributed by atoms with E-state index in [-0.39, 0.29) is 11.5 Å². The van der Waals surface area contributed by atoms with E-state index in [1.165, 1.54) is 6.07 Å². The van der Waals surface area contributed by atoms with Crippen molar-refractivity contribution in [1.29, 1.82) is 0 Å². The zero-order chi connectivity index (χ0) is 13.0. The third-order valence-corrected chi connectivity index (χ3v) is 2.56. The van der Waals surface area contributed by atoms with Gasteiger partial charge in [-0.15, -0.1) is 0 Å². The maximum absolute atomic E-state index is 9.90. The number of aliphatic hydroxyl groups is 1. The van der Waals surface area contributed by atoms with Gasteiger partial charge in [0, 0.05) is 5.56 Å². The lowest BCUT2D eigenvalue weighted by molar-refractivity contribution is -0.0210. The van der Waals surface area contributed by atoms with E-state index < -0.39 is 6.29 Å². The van der Waals surface area contributed by atoms with Gasteiger partial charge in [-0.3, -0.25) is 0 Å². The van der Waals surface area contributed by atoms with Crippen LogP contribution in [0.5, 0.6) is 11.5 Å². The molecule has 0 aromatic heterocycles. The summed E-state index contributed by atoms with van der Waals surface area (Å²) in [5.74, 6) is 0.247. The number of rotatable bonds is 4. The molecule has 0 bridgehead atoms. The zero-order valence-corrected chi connectivity index (χ0v) is 9.78. The van der Waals surface area contributed by atoms with Crippen molar-refractivity contribution in [2.24, 2.45) is 0 Å². The summed E-state index contributed by atoms with van der Waals surface area (Å²) in [6.07, 6.45) is 0.609.